The highest BCUT2D eigenvalue weighted by molar-refractivity contribution is 7.21. The molecule has 4 rings (SSSR count). The van der Waals surface area contributed by atoms with Crippen LogP contribution in [0.4, 0.5) is 5.69 Å². The minimum Gasteiger partial charge on any atom is -0.383 e. The summed E-state index contributed by atoms with van der Waals surface area (Å²) in [6.07, 6.45) is 5.94. The van der Waals surface area contributed by atoms with E-state index in [-0.39, 0.29) is 0 Å². The van der Waals surface area contributed by atoms with Crippen molar-refractivity contribution in [1.29, 1.82) is 5.26 Å². The number of rotatable bonds is 5. The molecule has 0 fully saturated rings. The molecule has 3 heterocycles. The normalized spacial score (nSPS) is 10.7. The fourth-order valence-electron chi connectivity index (χ4n) is 2.75. The number of thiophene rings is 1. The summed E-state index contributed by atoms with van der Waals surface area (Å²) < 4.78 is 0. The maximum atomic E-state index is 9.44. The van der Waals surface area contributed by atoms with Gasteiger partial charge in [0.25, 0.3) is 0 Å². The number of aromatic amines is 1. The third-order valence-corrected chi connectivity index (χ3v) is 5.08. The SMILES string of the molecule is N#Cc1cnc2sc(-c3ccccc3)cc2c1NCCc1cnc[nH]1. The molecule has 0 radical (unpaired) electrons. The summed E-state index contributed by atoms with van der Waals surface area (Å²) in [5, 5.41) is 13.8. The van der Waals surface area contributed by atoms with Crippen LogP contribution in [0.2, 0.25) is 0 Å². The first kappa shape index (κ1) is 15.4. The number of pyridine rings is 1. The minimum atomic E-state index is 0.564. The Morgan fingerprint density at radius 3 is 2.84 bits per heavy atom. The van der Waals surface area contributed by atoms with E-state index in [1.807, 2.05) is 24.4 Å². The van der Waals surface area contributed by atoms with E-state index in [4.69, 9.17) is 0 Å². The Morgan fingerprint density at radius 2 is 2.08 bits per heavy atom. The number of imidazole rings is 1. The molecule has 0 bridgehead atoms. The van der Waals surface area contributed by atoms with Crippen LogP contribution < -0.4 is 5.32 Å². The number of anilines is 1. The predicted molar refractivity (Wildman–Crippen MR) is 101 cm³/mol. The number of nitrogens with one attached hydrogen (secondary N) is 2. The minimum absolute atomic E-state index is 0.564. The Bertz CT molecular complexity index is 1030. The second-order valence-electron chi connectivity index (χ2n) is 5.61. The van der Waals surface area contributed by atoms with Gasteiger partial charge in [-0.1, -0.05) is 30.3 Å². The molecule has 122 valence electrons. The maximum Gasteiger partial charge on any atom is 0.125 e. The van der Waals surface area contributed by atoms with Gasteiger partial charge in [-0.15, -0.1) is 11.3 Å². The number of hydrogen-bond donors (Lipinski definition) is 2. The van der Waals surface area contributed by atoms with Gasteiger partial charge in [0.05, 0.1) is 17.6 Å². The number of fused-ring (bicyclic) bond motifs is 1. The molecule has 3 aromatic heterocycles. The van der Waals surface area contributed by atoms with E-state index < -0.39 is 0 Å². The Morgan fingerprint density at radius 1 is 1.20 bits per heavy atom. The van der Waals surface area contributed by atoms with Crippen LogP contribution in [0, 0.1) is 11.3 Å². The van der Waals surface area contributed by atoms with Crippen LogP contribution in [0.3, 0.4) is 0 Å². The summed E-state index contributed by atoms with van der Waals surface area (Å²) in [5.41, 5.74) is 3.64. The zero-order valence-corrected chi connectivity index (χ0v) is 14.2. The van der Waals surface area contributed by atoms with Crippen LogP contribution in [0.1, 0.15) is 11.3 Å². The van der Waals surface area contributed by atoms with Crippen molar-refractivity contribution in [1.82, 2.24) is 15.0 Å². The van der Waals surface area contributed by atoms with Gasteiger partial charge < -0.3 is 10.3 Å². The van der Waals surface area contributed by atoms with Gasteiger partial charge in [0.15, 0.2) is 0 Å². The van der Waals surface area contributed by atoms with Crippen LogP contribution >= 0.6 is 11.3 Å². The standard InChI is InChI=1S/C19H15N5S/c20-9-14-10-23-19-16(8-17(25-19)13-4-2-1-3-5-13)18(14)22-7-6-15-11-21-12-24-15/h1-5,8,10-12H,6-7H2,(H,21,24)(H,22,23). The van der Waals surface area contributed by atoms with Gasteiger partial charge in [-0.25, -0.2) is 9.97 Å². The molecular weight excluding hydrogens is 330 g/mol. The van der Waals surface area contributed by atoms with Crippen molar-refractivity contribution in [3.8, 4) is 16.5 Å². The van der Waals surface area contributed by atoms with E-state index in [0.29, 0.717) is 12.1 Å². The van der Waals surface area contributed by atoms with Gasteiger partial charge in [-0.05, 0) is 11.6 Å². The molecule has 4 aromatic rings. The molecule has 2 N–H and O–H groups in total. The first-order valence-electron chi connectivity index (χ1n) is 7.94. The monoisotopic (exact) mass is 345 g/mol. The predicted octanol–water partition coefficient (Wildman–Crippen LogP) is 4.21. The third-order valence-electron chi connectivity index (χ3n) is 3.99. The second kappa shape index (κ2) is 6.75. The van der Waals surface area contributed by atoms with Crippen LogP contribution in [0.25, 0.3) is 20.7 Å². The molecule has 0 aliphatic rings. The Hall–Kier alpha value is -3.17. The summed E-state index contributed by atoms with van der Waals surface area (Å²) in [6, 6.07) is 14.6. The molecule has 0 spiro atoms. The van der Waals surface area contributed by atoms with E-state index in [9.17, 15) is 5.26 Å². The highest BCUT2D eigenvalue weighted by Crippen LogP contribution is 2.37. The number of nitriles is 1. The molecule has 5 nitrogen and oxygen atoms in total. The zero-order valence-electron chi connectivity index (χ0n) is 13.4. The van der Waals surface area contributed by atoms with Crippen LogP contribution in [0.15, 0.2) is 55.1 Å². The van der Waals surface area contributed by atoms with Crippen molar-refractivity contribution >= 4 is 27.2 Å². The van der Waals surface area contributed by atoms with Crippen molar-refractivity contribution < 1.29 is 0 Å². The van der Waals surface area contributed by atoms with Crippen molar-refractivity contribution in [3.05, 3.63) is 66.4 Å². The molecule has 25 heavy (non-hydrogen) atoms. The molecule has 0 saturated heterocycles. The van der Waals surface area contributed by atoms with Crippen molar-refractivity contribution in [3.63, 3.8) is 0 Å². The van der Waals surface area contributed by atoms with Crippen LogP contribution in [-0.2, 0) is 6.42 Å². The molecule has 0 aliphatic heterocycles. The smallest absolute Gasteiger partial charge is 0.125 e. The summed E-state index contributed by atoms with van der Waals surface area (Å²) in [4.78, 5) is 13.6. The lowest BCUT2D eigenvalue weighted by molar-refractivity contribution is 0.977. The number of aromatic nitrogens is 3. The third kappa shape index (κ3) is 3.10. The summed E-state index contributed by atoms with van der Waals surface area (Å²) in [7, 11) is 0. The zero-order chi connectivity index (χ0) is 17.1. The molecular formula is C19H15N5S. The van der Waals surface area contributed by atoms with E-state index >= 15 is 0 Å². The van der Waals surface area contributed by atoms with E-state index in [2.05, 4.69) is 44.5 Å². The highest BCUT2D eigenvalue weighted by Gasteiger charge is 2.13. The van der Waals surface area contributed by atoms with E-state index in [1.165, 1.54) is 0 Å². The topological polar surface area (TPSA) is 77.4 Å². The number of H-pyrrole nitrogens is 1. The molecule has 0 amide bonds. The molecule has 0 saturated carbocycles. The largest absolute Gasteiger partial charge is 0.383 e. The lowest BCUT2D eigenvalue weighted by atomic mass is 10.1. The molecule has 1 aromatic carbocycles. The first-order chi connectivity index (χ1) is 12.3. The highest BCUT2D eigenvalue weighted by atomic mass is 32.1. The lowest BCUT2D eigenvalue weighted by Crippen LogP contribution is -2.07. The van der Waals surface area contributed by atoms with Gasteiger partial charge in [-0.2, -0.15) is 5.26 Å². The Labute approximate surface area is 149 Å². The number of benzene rings is 1. The van der Waals surface area contributed by atoms with E-state index in [0.717, 1.165) is 38.5 Å². The fraction of sp³-hybridized carbons (Fsp3) is 0.105. The van der Waals surface area contributed by atoms with Gasteiger partial charge >= 0.3 is 0 Å². The molecule has 0 atom stereocenters. The molecule has 0 aliphatic carbocycles. The van der Waals surface area contributed by atoms with Crippen LogP contribution in [-0.4, -0.2) is 21.5 Å². The summed E-state index contributed by atoms with van der Waals surface area (Å²) in [5.74, 6) is 0. The number of nitrogens with zero attached hydrogens (tertiary/aromatic N) is 3. The number of hydrogen-bond acceptors (Lipinski definition) is 5. The molecule has 6 heteroatoms. The van der Waals surface area contributed by atoms with Gasteiger partial charge in [0.1, 0.15) is 10.9 Å². The molecule has 0 unspecified atom stereocenters. The Balaban J connectivity index is 1.68. The second-order valence-corrected chi connectivity index (χ2v) is 6.64. The fourth-order valence-corrected chi connectivity index (χ4v) is 3.77. The van der Waals surface area contributed by atoms with Crippen molar-refractivity contribution in [2.75, 3.05) is 11.9 Å². The summed E-state index contributed by atoms with van der Waals surface area (Å²) in [6.45, 7) is 0.715. The van der Waals surface area contributed by atoms with Crippen molar-refractivity contribution in [2.24, 2.45) is 0 Å². The van der Waals surface area contributed by atoms with Crippen LogP contribution in [0.5, 0.6) is 0 Å². The van der Waals surface area contributed by atoms with Crippen molar-refractivity contribution in [2.45, 2.75) is 6.42 Å². The first-order valence-corrected chi connectivity index (χ1v) is 8.76. The quantitative estimate of drug-likeness (QED) is 0.568. The van der Waals surface area contributed by atoms with Gasteiger partial charge in [0, 0.05) is 41.3 Å². The van der Waals surface area contributed by atoms with Gasteiger partial charge in [-0.3, -0.25) is 0 Å². The van der Waals surface area contributed by atoms with Gasteiger partial charge in [0.2, 0.25) is 0 Å². The lowest BCUT2D eigenvalue weighted by Gasteiger charge is -2.08. The maximum absolute atomic E-state index is 9.44. The average Bonchev–Trinajstić information content (AvgIpc) is 3.32. The Kier molecular flexibility index (Phi) is 4.15. The average molecular weight is 345 g/mol. The summed E-state index contributed by atoms with van der Waals surface area (Å²) >= 11 is 1.64. The van der Waals surface area contributed by atoms with E-state index in [1.54, 1.807) is 23.9 Å².